The van der Waals surface area contributed by atoms with Crippen LogP contribution in [0.25, 0.3) is 9.88 Å². The summed E-state index contributed by atoms with van der Waals surface area (Å²) in [6.07, 6.45) is 0.914. The Hall–Kier alpha value is -0.490. The summed E-state index contributed by atoms with van der Waals surface area (Å²) in [5.41, 5.74) is 0. The Morgan fingerprint density at radius 1 is 1.47 bits per heavy atom. The molecule has 2 heterocycles. The molecule has 0 saturated carbocycles. The van der Waals surface area contributed by atoms with E-state index >= 15 is 0 Å². The number of hydrogen-bond acceptors (Lipinski definition) is 5. The van der Waals surface area contributed by atoms with Crippen LogP contribution in [0.15, 0.2) is 11.4 Å². The Kier molecular flexibility index (Phi) is 3.69. The van der Waals surface area contributed by atoms with Gasteiger partial charge < -0.3 is 5.32 Å². The molecule has 0 aromatic carbocycles. The first kappa shape index (κ1) is 11.0. The topological polar surface area (TPSA) is 37.8 Å². The van der Waals surface area contributed by atoms with E-state index in [4.69, 9.17) is 11.6 Å². The van der Waals surface area contributed by atoms with Crippen LogP contribution in [0.5, 0.6) is 0 Å². The minimum atomic E-state index is 0.760. The zero-order valence-electron chi connectivity index (χ0n) is 8.16. The summed E-state index contributed by atoms with van der Waals surface area (Å²) in [7, 11) is 1.93. The zero-order valence-corrected chi connectivity index (χ0v) is 10.5. The molecule has 6 heteroatoms. The molecular weight excluding hydrogens is 250 g/mol. The Balaban J connectivity index is 2.17. The predicted octanol–water partition coefficient (Wildman–Crippen LogP) is 2.68. The number of thiophene rings is 1. The van der Waals surface area contributed by atoms with Crippen molar-refractivity contribution >= 4 is 34.3 Å². The fraction of sp³-hybridized carbons (Fsp3) is 0.333. The van der Waals surface area contributed by atoms with Gasteiger partial charge in [-0.2, -0.15) is 0 Å². The third-order valence-electron chi connectivity index (χ3n) is 1.87. The molecule has 2 aromatic rings. The smallest absolute Gasteiger partial charge is 0.159 e. The average molecular weight is 260 g/mol. The van der Waals surface area contributed by atoms with Gasteiger partial charge in [-0.3, -0.25) is 0 Å². The molecule has 3 nitrogen and oxygen atoms in total. The number of halogens is 1. The lowest BCUT2D eigenvalue weighted by atomic mass is 10.4. The molecule has 0 bridgehead atoms. The van der Waals surface area contributed by atoms with E-state index in [9.17, 15) is 0 Å². The van der Waals surface area contributed by atoms with E-state index in [0.29, 0.717) is 0 Å². The molecule has 80 valence electrons. The normalized spacial score (nSPS) is 10.8. The third-order valence-corrected chi connectivity index (χ3v) is 4.35. The molecule has 0 atom stereocenters. The van der Waals surface area contributed by atoms with Gasteiger partial charge in [-0.25, -0.2) is 0 Å². The van der Waals surface area contributed by atoms with E-state index < -0.39 is 0 Å². The maximum atomic E-state index is 6.02. The maximum Gasteiger partial charge on any atom is 0.159 e. The molecule has 0 saturated heterocycles. The average Bonchev–Trinajstić information content (AvgIpc) is 2.83. The first-order valence-electron chi connectivity index (χ1n) is 4.51. The van der Waals surface area contributed by atoms with E-state index in [1.165, 1.54) is 0 Å². The van der Waals surface area contributed by atoms with Crippen molar-refractivity contribution in [1.82, 2.24) is 15.5 Å². The number of hydrogen-bond donors (Lipinski definition) is 1. The lowest BCUT2D eigenvalue weighted by Gasteiger charge is -1.91. The molecule has 2 aromatic heterocycles. The molecule has 0 spiro atoms. The van der Waals surface area contributed by atoms with E-state index in [1.54, 1.807) is 22.7 Å². The van der Waals surface area contributed by atoms with Crippen LogP contribution in [-0.2, 0) is 6.42 Å². The molecule has 2 rings (SSSR count). The summed E-state index contributed by atoms with van der Waals surface area (Å²) < 4.78 is 0. The highest BCUT2D eigenvalue weighted by Gasteiger charge is 2.10. The first-order chi connectivity index (χ1) is 7.31. The number of likely N-dealkylation sites (N-methyl/N-ethyl adjacent to an activating group) is 1. The number of aromatic nitrogens is 2. The summed E-state index contributed by atoms with van der Waals surface area (Å²) in [5.74, 6) is 0. The van der Waals surface area contributed by atoms with Crippen molar-refractivity contribution in [2.24, 2.45) is 0 Å². The summed E-state index contributed by atoms with van der Waals surface area (Å²) in [4.78, 5) is 1.02. The Labute approximate surface area is 101 Å². The molecule has 0 unspecified atom stereocenters. The predicted molar refractivity (Wildman–Crippen MR) is 65.9 cm³/mol. The van der Waals surface area contributed by atoms with E-state index in [0.717, 1.165) is 32.9 Å². The molecule has 0 aliphatic carbocycles. The molecule has 0 amide bonds. The largest absolute Gasteiger partial charge is 0.319 e. The SMILES string of the molecule is CNCCc1nnc(-c2sccc2Cl)s1. The van der Waals surface area contributed by atoms with Crippen LogP contribution in [0.3, 0.4) is 0 Å². The fourth-order valence-corrected chi connectivity index (χ4v) is 3.27. The Morgan fingerprint density at radius 2 is 2.33 bits per heavy atom. The molecule has 1 N–H and O–H groups in total. The van der Waals surface area contributed by atoms with Gasteiger partial charge in [-0.1, -0.05) is 22.9 Å². The zero-order chi connectivity index (χ0) is 10.7. The van der Waals surface area contributed by atoms with Crippen molar-refractivity contribution in [1.29, 1.82) is 0 Å². The maximum absolute atomic E-state index is 6.02. The highest BCUT2D eigenvalue weighted by molar-refractivity contribution is 7.21. The summed E-state index contributed by atoms with van der Waals surface area (Å²) in [6, 6.07) is 1.89. The minimum Gasteiger partial charge on any atom is -0.319 e. The van der Waals surface area contributed by atoms with Gasteiger partial charge in [0.15, 0.2) is 5.01 Å². The Morgan fingerprint density at radius 3 is 3.00 bits per heavy atom. The van der Waals surface area contributed by atoms with Crippen molar-refractivity contribution < 1.29 is 0 Å². The first-order valence-corrected chi connectivity index (χ1v) is 6.59. The van der Waals surface area contributed by atoms with Crippen LogP contribution < -0.4 is 5.32 Å². The van der Waals surface area contributed by atoms with Gasteiger partial charge in [-0.15, -0.1) is 21.5 Å². The summed E-state index contributed by atoms with van der Waals surface area (Å²) >= 11 is 9.23. The van der Waals surface area contributed by atoms with Crippen LogP contribution in [0, 0.1) is 0 Å². The van der Waals surface area contributed by atoms with Gasteiger partial charge in [0.05, 0.1) is 9.90 Å². The van der Waals surface area contributed by atoms with Crippen LogP contribution in [0.2, 0.25) is 5.02 Å². The molecular formula is C9H10ClN3S2. The van der Waals surface area contributed by atoms with Crippen LogP contribution >= 0.6 is 34.3 Å². The van der Waals surface area contributed by atoms with Gasteiger partial charge in [0.1, 0.15) is 5.01 Å². The van der Waals surface area contributed by atoms with Gasteiger partial charge in [-0.05, 0) is 18.5 Å². The van der Waals surface area contributed by atoms with Gasteiger partial charge in [0.25, 0.3) is 0 Å². The van der Waals surface area contributed by atoms with E-state index in [-0.39, 0.29) is 0 Å². The highest BCUT2D eigenvalue weighted by atomic mass is 35.5. The lowest BCUT2D eigenvalue weighted by molar-refractivity contribution is 0.779. The summed E-state index contributed by atoms with van der Waals surface area (Å²) in [5, 5.41) is 16.0. The molecule has 0 fully saturated rings. The second kappa shape index (κ2) is 5.03. The second-order valence-electron chi connectivity index (χ2n) is 2.95. The highest BCUT2D eigenvalue weighted by Crippen LogP contribution is 2.34. The van der Waals surface area contributed by atoms with Gasteiger partial charge in [0.2, 0.25) is 0 Å². The monoisotopic (exact) mass is 259 g/mol. The van der Waals surface area contributed by atoms with Crippen LogP contribution in [0.1, 0.15) is 5.01 Å². The third kappa shape index (κ3) is 2.55. The van der Waals surface area contributed by atoms with E-state index in [2.05, 4.69) is 15.5 Å². The van der Waals surface area contributed by atoms with E-state index in [1.807, 2.05) is 18.5 Å². The molecule has 0 radical (unpaired) electrons. The fourth-order valence-electron chi connectivity index (χ4n) is 1.12. The number of nitrogens with one attached hydrogen (secondary N) is 1. The molecule has 15 heavy (non-hydrogen) atoms. The summed E-state index contributed by atoms with van der Waals surface area (Å²) in [6.45, 7) is 0.923. The van der Waals surface area contributed by atoms with Gasteiger partial charge in [0, 0.05) is 13.0 Å². The number of rotatable bonds is 4. The Bertz CT molecular complexity index is 438. The second-order valence-corrected chi connectivity index (χ2v) is 5.34. The molecule has 0 aliphatic rings. The molecule has 0 aliphatic heterocycles. The minimum absolute atomic E-state index is 0.760. The van der Waals surface area contributed by atoms with Gasteiger partial charge >= 0.3 is 0 Å². The lowest BCUT2D eigenvalue weighted by Crippen LogP contribution is -2.09. The standard InChI is InChI=1S/C9H10ClN3S2/c1-11-4-2-7-12-13-9(15-7)8-6(10)3-5-14-8/h3,5,11H,2,4H2,1H3. The number of nitrogens with zero attached hydrogens (tertiary/aromatic N) is 2. The van der Waals surface area contributed by atoms with Crippen molar-refractivity contribution in [2.75, 3.05) is 13.6 Å². The van der Waals surface area contributed by atoms with Crippen molar-refractivity contribution in [2.45, 2.75) is 6.42 Å². The van der Waals surface area contributed by atoms with Crippen molar-refractivity contribution in [3.8, 4) is 9.88 Å². The quantitative estimate of drug-likeness (QED) is 0.918. The van der Waals surface area contributed by atoms with Crippen LogP contribution in [0.4, 0.5) is 0 Å². The van der Waals surface area contributed by atoms with Crippen LogP contribution in [-0.4, -0.2) is 23.8 Å². The van der Waals surface area contributed by atoms with Crippen molar-refractivity contribution in [3.63, 3.8) is 0 Å². The van der Waals surface area contributed by atoms with Crippen molar-refractivity contribution in [3.05, 3.63) is 21.5 Å².